The first-order chi connectivity index (χ1) is 7.77. The Bertz CT molecular complexity index is 236. The lowest BCUT2D eigenvalue weighted by molar-refractivity contribution is -0.134. The average Bonchev–Trinajstić information content (AvgIpc) is 2.79. The smallest absolute Gasteiger partial charge is 0.222 e. The second kappa shape index (κ2) is 5.67. The molecule has 1 saturated carbocycles. The first-order valence-electron chi connectivity index (χ1n) is 6.77. The number of carbonyl (C=O) groups excluding carboxylic acids is 1. The maximum atomic E-state index is 12.1. The zero-order chi connectivity index (χ0) is 11.4. The summed E-state index contributed by atoms with van der Waals surface area (Å²) in [4.78, 5) is 14.1. The first kappa shape index (κ1) is 11.9. The fourth-order valence-electron chi connectivity index (χ4n) is 2.98. The number of rotatable bonds is 3. The first-order valence-corrected chi connectivity index (χ1v) is 6.77. The van der Waals surface area contributed by atoms with Crippen LogP contribution < -0.4 is 5.32 Å². The van der Waals surface area contributed by atoms with E-state index in [1.807, 2.05) is 0 Å². The molecule has 1 aliphatic carbocycles. The van der Waals surface area contributed by atoms with Crippen molar-refractivity contribution >= 4 is 5.91 Å². The lowest BCUT2D eigenvalue weighted by Gasteiger charge is -2.34. The zero-order valence-corrected chi connectivity index (χ0v) is 10.4. The molecule has 1 saturated heterocycles. The molecule has 92 valence electrons. The van der Waals surface area contributed by atoms with Crippen LogP contribution in [-0.2, 0) is 4.79 Å². The lowest BCUT2D eigenvalue weighted by Crippen LogP contribution is -2.52. The Morgan fingerprint density at radius 3 is 2.81 bits per heavy atom. The van der Waals surface area contributed by atoms with Gasteiger partial charge >= 0.3 is 0 Å². The predicted octanol–water partition coefficient (Wildman–Crippen LogP) is 1.78. The number of amides is 1. The van der Waals surface area contributed by atoms with E-state index in [9.17, 15) is 4.79 Å². The van der Waals surface area contributed by atoms with Gasteiger partial charge in [-0.05, 0) is 19.3 Å². The molecule has 1 aliphatic heterocycles. The highest BCUT2D eigenvalue weighted by Gasteiger charge is 2.24. The van der Waals surface area contributed by atoms with E-state index in [4.69, 9.17) is 0 Å². The summed E-state index contributed by atoms with van der Waals surface area (Å²) in [5.41, 5.74) is 0. The molecule has 1 unspecified atom stereocenters. The molecule has 0 aromatic carbocycles. The minimum absolute atomic E-state index is 0.376. The fourth-order valence-corrected chi connectivity index (χ4v) is 2.98. The van der Waals surface area contributed by atoms with Crippen LogP contribution in [0, 0.1) is 5.92 Å². The van der Waals surface area contributed by atoms with Crippen LogP contribution in [0.15, 0.2) is 0 Å². The molecule has 1 N–H and O–H groups in total. The molecule has 0 aromatic heterocycles. The molecule has 2 fully saturated rings. The van der Waals surface area contributed by atoms with Crippen molar-refractivity contribution in [3.05, 3.63) is 0 Å². The van der Waals surface area contributed by atoms with Gasteiger partial charge in [-0.3, -0.25) is 4.79 Å². The van der Waals surface area contributed by atoms with Gasteiger partial charge in [0.2, 0.25) is 5.91 Å². The van der Waals surface area contributed by atoms with Crippen molar-refractivity contribution in [3.63, 3.8) is 0 Å². The van der Waals surface area contributed by atoms with Crippen molar-refractivity contribution < 1.29 is 4.79 Å². The maximum Gasteiger partial charge on any atom is 0.222 e. The number of carbonyl (C=O) groups is 1. The van der Waals surface area contributed by atoms with E-state index in [2.05, 4.69) is 17.1 Å². The number of nitrogens with one attached hydrogen (secondary N) is 1. The molecule has 1 atom stereocenters. The number of hydrogen-bond acceptors (Lipinski definition) is 2. The molecule has 2 aliphatic rings. The van der Waals surface area contributed by atoms with Gasteiger partial charge in [-0.2, -0.15) is 0 Å². The van der Waals surface area contributed by atoms with Crippen molar-refractivity contribution in [3.8, 4) is 0 Å². The maximum absolute atomic E-state index is 12.1. The Balaban J connectivity index is 1.73. The third kappa shape index (κ3) is 2.97. The summed E-state index contributed by atoms with van der Waals surface area (Å²) in [6, 6.07) is 0.379. The lowest BCUT2D eigenvalue weighted by atomic mass is 10.0. The Hall–Kier alpha value is -0.570. The van der Waals surface area contributed by atoms with E-state index >= 15 is 0 Å². The van der Waals surface area contributed by atoms with Crippen LogP contribution in [0.25, 0.3) is 0 Å². The zero-order valence-electron chi connectivity index (χ0n) is 10.4. The molecular formula is C13H24N2O. The van der Waals surface area contributed by atoms with Gasteiger partial charge in [-0.1, -0.05) is 25.7 Å². The topological polar surface area (TPSA) is 32.3 Å². The summed E-state index contributed by atoms with van der Waals surface area (Å²) in [5, 5.41) is 3.32. The van der Waals surface area contributed by atoms with E-state index < -0.39 is 0 Å². The molecule has 0 aromatic rings. The van der Waals surface area contributed by atoms with Gasteiger partial charge in [0.05, 0.1) is 0 Å². The number of hydrogen-bond donors (Lipinski definition) is 1. The normalized spacial score (nSPS) is 27.3. The van der Waals surface area contributed by atoms with Crippen LogP contribution in [0.3, 0.4) is 0 Å². The van der Waals surface area contributed by atoms with Gasteiger partial charge < -0.3 is 10.2 Å². The van der Waals surface area contributed by atoms with Crippen LogP contribution in [-0.4, -0.2) is 36.5 Å². The van der Waals surface area contributed by atoms with Crippen LogP contribution in [0.5, 0.6) is 0 Å². The molecule has 3 heteroatoms. The van der Waals surface area contributed by atoms with E-state index in [-0.39, 0.29) is 0 Å². The summed E-state index contributed by atoms with van der Waals surface area (Å²) in [6.45, 7) is 4.94. The minimum atomic E-state index is 0.376. The summed E-state index contributed by atoms with van der Waals surface area (Å²) >= 11 is 0. The largest absolute Gasteiger partial charge is 0.337 e. The van der Waals surface area contributed by atoms with Crippen molar-refractivity contribution in [2.45, 2.75) is 51.5 Å². The van der Waals surface area contributed by atoms with Crippen LogP contribution >= 0.6 is 0 Å². The summed E-state index contributed by atoms with van der Waals surface area (Å²) < 4.78 is 0. The third-order valence-electron chi connectivity index (χ3n) is 4.06. The molecule has 3 nitrogen and oxygen atoms in total. The Morgan fingerprint density at radius 1 is 1.38 bits per heavy atom. The van der Waals surface area contributed by atoms with Crippen LogP contribution in [0.4, 0.5) is 0 Å². The third-order valence-corrected chi connectivity index (χ3v) is 4.06. The van der Waals surface area contributed by atoms with Crippen molar-refractivity contribution in [2.24, 2.45) is 5.92 Å². The monoisotopic (exact) mass is 224 g/mol. The molecule has 2 rings (SSSR count). The summed E-state index contributed by atoms with van der Waals surface area (Å²) in [6.07, 6.45) is 7.35. The second-order valence-corrected chi connectivity index (χ2v) is 5.33. The molecule has 0 bridgehead atoms. The summed E-state index contributed by atoms with van der Waals surface area (Å²) in [5.74, 6) is 1.21. The summed E-state index contributed by atoms with van der Waals surface area (Å²) in [7, 11) is 0. The van der Waals surface area contributed by atoms with Gasteiger partial charge in [0.25, 0.3) is 0 Å². The molecule has 0 spiro atoms. The van der Waals surface area contributed by atoms with Gasteiger partial charge in [0.15, 0.2) is 0 Å². The van der Waals surface area contributed by atoms with E-state index in [0.29, 0.717) is 11.9 Å². The van der Waals surface area contributed by atoms with Crippen molar-refractivity contribution in [1.82, 2.24) is 10.2 Å². The highest BCUT2D eigenvalue weighted by atomic mass is 16.2. The van der Waals surface area contributed by atoms with Gasteiger partial charge in [-0.25, -0.2) is 0 Å². The van der Waals surface area contributed by atoms with E-state index in [1.54, 1.807) is 0 Å². The molecular weight excluding hydrogens is 200 g/mol. The predicted molar refractivity (Wildman–Crippen MR) is 65.2 cm³/mol. The van der Waals surface area contributed by atoms with E-state index in [0.717, 1.165) is 38.4 Å². The highest BCUT2D eigenvalue weighted by molar-refractivity contribution is 5.76. The molecule has 1 heterocycles. The number of piperazine rings is 1. The molecule has 1 amide bonds. The minimum Gasteiger partial charge on any atom is -0.337 e. The van der Waals surface area contributed by atoms with Gasteiger partial charge in [-0.15, -0.1) is 0 Å². The van der Waals surface area contributed by atoms with Gasteiger partial charge in [0.1, 0.15) is 0 Å². The fraction of sp³-hybridized carbons (Fsp3) is 0.923. The number of nitrogens with zero attached hydrogens (tertiary/aromatic N) is 1. The SMILES string of the molecule is CC1CNCCN1C(=O)CCC1CCCC1. The second-order valence-electron chi connectivity index (χ2n) is 5.33. The van der Waals surface area contributed by atoms with Crippen LogP contribution in [0.1, 0.15) is 45.4 Å². The van der Waals surface area contributed by atoms with Gasteiger partial charge in [0, 0.05) is 32.1 Å². The standard InChI is InChI=1S/C13H24N2O/c1-11-10-14-8-9-15(11)13(16)7-6-12-4-2-3-5-12/h11-12,14H,2-10H2,1H3. The molecule has 0 radical (unpaired) electrons. The van der Waals surface area contributed by atoms with Crippen molar-refractivity contribution in [1.29, 1.82) is 0 Å². The molecule has 16 heavy (non-hydrogen) atoms. The van der Waals surface area contributed by atoms with E-state index in [1.165, 1.54) is 25.7 Å². The Kier molecular flexibility index (Phi) is 4.22. The quantitative estimate of drug-likeness (QED) is 0.792. The average molecular weight is 224 g/mol. The Labute approximate surface area is 98.6 Å². The Morgan fingerprint density at radius 2 is 2.12 bits per heavy atom. The van der Waals surface area contributed by atoms with Crippen LogP contribution in [0.2, 0.25) is 0 Å². The highest BCUT2D eigenvalue weighted by Crippen LogP contribution is 2.28. The van der Waals surface area contributed by atoms with Crippen molar-refractivity contribution in [2.75, 3.05) is 19.6 Å².